The second-order valence-electron chi connectivity index (χ2n) is 4.96. The van der Waals surface area contributed by atoms with Gasteiger partial charge in [0.05, 0.1) is 18.2 Å². The Kier molecular flexibility index (Phi) is 5.16. The van der Waals surface area contributed by atoms with Crippen LogP contribution >= 0.6 is 27.7 Å². The number of aliphatic carboxylic acids is 1. The fraction of sp³-hybridized carbons (Fsp3) is 0.429. The van der Waals surface area contributed by atoms with Gasteiger partial charge in [0.15, 0.2) is 0 Å². The second kappa shape index (κ2) is 6.70. The van der Waals surface area contributed by atoms with E-state index >= 15 is 0 Å². The van der Waals surface area contributed by atoms with Crippen LogP contribution in [0.1, 0.15) is 12.8 Å². The fourth-order valence-electron chi connectivity index (χ4n) is 2.27. The van der Waals surface area contributed by atoms with Gasteiger partial charge < -0.3 is 15.2 Å². The summed E-state index contributed by atoms with van der Waals surface area (Å²) in [6.45, 7) is 0. The molecular weight excluding hydrogens is 358 g/mol. The number of carboxylic acids is 1. The van der Waals surface area contributed by atoms with Gasteiger partial charge in [0.2, 0.25) is 5.91 Å². The molecule has 0 spiro atoms. The van der Waals surface area contributed by atoms with Gasteiger partial charge in [-0.3, -0.25) is 9.59 Å². The normalized spacial score (nSPS) is 21.0. The van der Waals surface area contributed by atoms with Gasteiger partial charge >= 0.3 is 5.97 Å². The van der Waals surface area contributed by atoms with Crippen LogP contribution in [-0.2, 0) is 9.59 Å². The van der Waals surface area contributed by atoms with Crippen LogP contribution in [0.2, 0.25) is 0 Å². The maximum atomic E-state index is 12.2. The molecule has 1 aromatic carbocycles. The maximum Gasteiger partial charge on any atom is 0.311 e. The SMILES string of the molecule is COc1ccc(Br)cc1NC(=O)C[C@@]1(C(=O)O)CCSC1. The van der Waals surface area contributed by atoms with Crippen molar-refractivity contribution in [3.05, 3.63) is 22.7 Å². The lowest BCUT2D eigenvalue weighted by atomic mass is 9.84. The summed E-state index contributed by atoms with van der Waals surface area (Å²) >= 11 is 4.91. The van der Waals surface area contributed by atoms with Crippen LogP contribution in [0.3, 0.4) is 0 Å². The number of ether oxygens (including phenoxy) is 1. The van der Waals surface area contributed by atoms with Crippen LogP contribution in [0.4, 0.5) is 5.69 Å². The van der Waals surface area contributed by atoms with Crippen LogP contribution in [-0.4, -0.2) is 35.6 Å². The maximum absolute atomic E-state index is 12.2. The quantitative estimate of drug-likeness (QED) is 0.829. The molecule has 0 unspecified atom stereocenters. The third-order valence-corrected chi connectivity index (χ3v) is 5.23. The Labute approximate surface area is 135 Å². The number of rotatable bonds is 5. The molecule has 1 aliphatic rings. The Bertz CT molecular complexity index is 558. The molecule has 5 nitrogen and oxygen atoms in total. The predicted octanol–water partition coefficient (Wildman–Crippen LogP) is 2.99. The molecule has 21 heavy (non-hydrogen) atoms. The molecule has 1 aromatic rings. The summed E-state index contributed by atoms with van der Waals surface area (Å²) in [5.41, 5.74) is -0.420. The number of anilines is 1. The van der Waals surface area contributed by atoms with E-state index in [1.807, 2.05) is 0 Å². The molecule has 0 bridgehead atoms. The van der Waals surface area contributed by atoms with Gasteiger partial charge in [-0.25, -0.2) is 0 Å². The Morgan fingerprint density at radius 3 is 2.86 bits per heavy atom. The van der Waals surface area contributed by atoms with Crippen molar-refractivity contribution in [3.63, 3.8) is 0 Å². The summed E-state index contributed by atoms with van der Waals surface area (Å²) in [5.74, 6) is 0.586. The summed E-state index contributed by atoms with van der Waals surface area (Å²) in [6, 6.07) is 5.27. The molecule has 0 aliphatic carbocycles. The van der Waals surface area contributed by atoms with Crippen molar-refractivity contribution in [1.82, 2.24) is 0 Å². The number of hydrogen-bond acceptors (Lipinski definition) is 4. The number of carbonyl (C=O) groups excluding carboxylic acids is 1. The highest BCUT2D eigenvalue weighted by molar-refractivity contribution is 9.10. The molecule has 1 saturated heterocycles. The molecule has 2 rings (SSSR count). The van der Waals surface area contributed by atoms with E-state index in [9.17, 15) is 14.7 Å². The molecular formula is C14H16BrNO4S. The summed E-state index contributed by atoms with van der Waals surface area (Å²) in [6.07, 6.45) is 0.501. The zero-order chi connectivity index (χ0) is 15.5. The molecule has 1 aliphatic heterocycles. The summed E-state index contributed by atoms with van der Waals surface area (Å²) in [5, 5.41) is 12.1. The number of carboxylic acid groups (broad SMARTS) is 1. The molecule has 0 aromatic heterocycles. The van der Waals surface area contributed by atoms with Crippen molar-refractivity contribution in [2.24, 2.45) is 5.41 Å². The number of nitrogens with one attached hydrogen (secondary N) is 1. The van der Waals surface area contributed by atoms with Crippen molar-refractivity contribution < 1.29 is 19.4 Å². The predicted molar refractivity (Wildman–Crippen MR) is 86.0 cm³/mol. The Morgan fingerprint density at radius 1 is 1.52 bits per heavy atom. The van der Waals surface area contributed by atoms with E-state index < -0.39 is 11.4 Å². The molecule has 7 heteroatoms. The smallest absolute Gasteiger partial charge is 0.311 e. The Hall–Kier alpha value is -1.21. The number of thioether (sulfide) groups is 1. The Morgan fingerprint density at radius 2 is 2.29 bits per heavy atom. The first-order valence-corrected chi connectivity index (χ1v) is 8.36. The van der Waals surface area contributed by atoms with Crippen molar-refractivity contribution in [3.8, 4) is 5.75 Å². The van der Waals surface area contributed by atoms with Gasteiger partial charge in [0.1, 0.15) is 5.75 Å². The van der Waals surface area contributed by atoms with E-state index in [0.29, 0.717) is 23.6 Å². The van der Waals surface area contributed by atoms with Gasteiger partial charge in [-0.05, 0) is 30.4 Å². The van der Waals surface area contributed by atoms with E-state index in [0.717, 1.165) is 10.2 Å². The van der Waals surface area contributed by atoms with Gasteiger partial charge in [0, 0.05) is 16.6 Å². The number of hydrogen-bond donors (Lipinski definition) is 2. The molecule has 1 amide bonds. The van der Waals surface area contributed by atoms with Crippen LogP contribution in [0, 0.1) is 5.41 Å². The van der Waals surface area contributed by atoms with Crippen LogP contribution in [0.25, 0.3) is 0 Å². The number of halogens is 1. The second-order valence-corrected chi connectivity index (χ2v) is 6.98. The minimum absolute atomic E-state index is 0.0228. The lowest BCUT2D eigenvalue weighted by molar-refractivity contribution is -0.149. The minimum Gasteiger partial charge on any atom is -0.495 e. The zero-order valence-corrected chi connectivity index (χ0v) is 13.9. The average Bonchev–Trinajstić information content (AvgIpc) is 2.88. The Balaban J connectivity index is 2.11. The van der Waals surface area contributed by atoms with Gasteiger partial charge in [0.25, 0.3) is 0 Å². The summed E-state index contributed by atoms with van der Waals surface area (Å²) in [4.78, 5) is 23.7. The van der Waals surface area contributed by atoms with Crippen LogP contribution in [0.15, 0.2) is 22.7 Å². The van der Waals surface area contributed by atoms with Gasteiger partial charge in [-0.2, -0.15) is 11.8 Å². The van der Waals surface area contributed by atoms with E-state index in [-0.39, 0.29) is 12.3 Å². The fourth-order valence-corrected chi connectivity index (χ4v) is 4.07. The first-order valence-electron chi connectivity index (χ1n) is 6.41. The van der Waals surface area contributed by atoms with Crippen LogP contribution in [0.5, 0.6) is 5.75 Å². The van der Waals surface area contributed by atoms with Crippen molar-refractivity contribution in [1.29, 1.82) is 0 Å². The topological polar surface area (TPSA) is 75.6 Å². The largest absolute Gasteiger partial charge is 0.495 e. The summed E-state index contributed by atoms with van der Waals surface area (Å²) < 4.78 is 6.00. The van der Waals surface area contributed by atoms with Crippen molar-refractivity contribution in [2.45, 2.75) is 12.8 Å². The number of benzene rings is 1. The molecule has 2 N–H and O–H groups in total. The molecule has 1 heterocycles. The molecule has 0 radical (unpaired) electrons. The first kappa shape index (κ1) is 16.2. The van der Waals surface area contributed by atoms with E-state index in [1.54, 1.807) is 30.0 Å². The number of amides is 1. The van der Waals surface area contributed by atoms with Gasteiger partial charge in [-0.1, -0.05) is 15.9 Å². The average molecular weight is 374 g/mol. The zero-order valence-electron chi connectivity index (χ0n) is 11.5. The van der Waals surface area contributed by atoms with Crippen LogP contribution < -0.4 is 10.1 Å². The highest BCUT2D eigenvalue weighted by Crippen LogP contribution is 2.40. The molecule has 1 fully saturated rings. The highest BCUT2D eigenvalue weighted by Gasteiger charge is 2.43. The van der Waals surface area contributed by atoms with Crippen molar-refractivity contribution >= 4 is 45.3 Å². The van der Waals surface area contributed by atoms with Crippen molar-refractivity contribution in [2.75, 3.05) is 23.9 Å². The van der Waals surface area contributed by atoms with Gasteiger partial charge in [-0.15, -0.1) is 0 Å². The molecule has 0 saturated carbocycles. The highest BCUT2D eigenvalue weighted by atomic mass is 79.9. The third kappa shape index (κ3) is 3.71. The third-order valence-electron chi connectivity index (χ3n) is 3.49. The summed E-state index contributed by atoms with van der Waals surface area (Å²) in [7, 11) is 1.52. The minimum atomic E-state index is -0.950. The molecule has 114 valence electrons. The van der Waals surface area contributed by atoms with E-state index in [1.165, 1.54) is 7.11 Å². The molecule has 1 atom stereocenters. The number of methoxy groups -OCH3 is 1. The monoisotopic (exact) mass is 373 g/mol. The lowest BCUT2D eigenvalue weighted by Crippen LogP contribution is -2.35. The standard InChI is InChI=1S/C14H16BrNO4S/c1-20-11-3-2-9(15)6-10(11)16-12(17)7-14(13(18)19)4-5-21-8-14/h2-3,6H,4-5,7-8H2,1H3,(H,16,17)(H,18,19)/t14-/m0/s1. The van der Waals surface area contributed by atoms with E-state index in [4.69, 9.17) is 4.74 Å². The first-order chi connectivity index (χ1) is 9.97. The lowest BCUT2D eigenvalue weighted by Gasteiger charge is -2.22. The number of carbonyl (C=O) groups is 2. The van der Waals surface area contributed by atoms with E-state index in [2.05, 4.69) is 21.2 Å².